The molecule has 0 atom stereocenters. The number of carbonyl (C=O) groups is 6. The van der Waals surface area contributed by atoms with Crippen molar-refractivity contribution in [3.05, 3.63) is 264 Å². The first kappa shape index (κ1) is 104. The Morgan fingerprint density at radius 2 is 0.774 bits per heavy atom. The highest BCUT2D eigenvalue weighted by molar-refractivity contribution is 9.10. The third kappa shape index (κ3) is 28.6. The van der Waals surface area contributed by atoms with Crippen LogP contribution in [0.5, 0.6) is 0 Å². The fourth-order valence-corrected chi connectivity index (χ4v) is 19.3. The zero-order valence-electron chi connectivity index (χ0n) is 71.5. The molecule has 3 aromatic heterocycles. The van der Waals surface area contributed by atoms with E-state index in [-0.39, 0.29) is 66.9 Å². The first-order valence-electron chi connectivity index (χ1n) is 40.7. The summed E-state index contributed by atoms with van der Waals surface area (Å²) in [4.78, 5) is 72.4. The molecule has 5 fully saturated rings. The van der Waals surface area contributed by atoms with E-state index in [1.165, 1.54) is 158 Å². The van der Waals surface area contributed by atoms with Crippen LogP contribution < -0.4 is 38.9 Å². The number of nitrogens with two attached hydrogens (primary N) is 4. The molecule has 12 aromatic rings. The van der Waals surface area contributed by atoms with E-state index in [2.05, 4.69) is 131 Å². The lowest BCUT2D eigenvalue weighted by molar-refractivity contribution is -0.114. The molecule has 133 heavy (non-hydrogen) atoms. The number of halogens is 12. The van der Waals surface area contributed by atoms with Crippen LogP contribution >= 0.6 is 196 Å². The molecule has 3 amide bonds. The lowest BCUT2D eigenvalue weighted by Crippen LogP contribution is -2.15. The minimum atomic E-state index is -1.10. The summed E-state index contributed by atoms with van der Waals surface area (Å²) >= 11 is 79.4. The van der Waals surface area contributed by atoms with Gasteiger partial charge in [-0.2, -0.15) is 4.99 Å². The smallest absolute Gasteiger partial charge is 0.335 e. The van der Waals surface area contributed by atoms with Gasteiger partial charge in [0.2, 0.25) is 39.1 Å². The quantitative estimate of drug-likeness (QED) is 0.00987. The van der Waals surface area contributed by atoms with Crippen molar-refractivity contribution in [3.8, 4) is 17.1 Å². The molecule has 9 aromatic carbocycles. The van der Waals surface area contributed by atoms with Crippen LogP contribution in [0.25, 0.3) is 17.1 Å². The van der Waals surface area contributed by atoms with Gasteiger partial charge in [0.25, 0.3) is 0 Å². The number of carboxylic acid groups (broad SMARTS) is 3. The Bertz CT molecular complexity index is 6270. The van der Waals surface area contributed by atoms with Crippen LogP contribution in [0.15, 0.2) is 152 Å². The van der Waals surface area contributed by atoms with Crippen LogP contribution in [-0.4, -0.2) is 118 Å². The van der Waals surface area contributed by atoms with Crippen molar-refractivity contribution in [2.45, 2.75) is 146 Å². The number of anilines is 7. The maximum atomic E-state index is 12.5. The SMILES string of the molecule is Cc1cc(Br)cc(Cl)c1N.Cc1cc(C2CC2)cc(Cl)c1-n1c(Br)nnc1SCC(=O)Nc1ccc(C(=O)O)cc1Cl.Cc1cc(C2CC2)cc(Cl)c1-n1c(N)n[nH]c1=S.Cc1cc(C2CC2)cc(Cl)c1-n1c(N)nnc1SCC(=O)Nc1ccc(C(=O)O)cc1Cl.Cc1cc(C2CC2)cc(Cl)c1N.Cc1cc(C2CC2)cc(Cl)c1N=C=S.O=C(CCl)Nc1ccc(C(=O)O)cc1Cl. The van der Waals surface area contributed by atoms with Gasteiger partial charge in [0.15, 0.2) is 10.3 Å². The largest absolute Gasteiger partial charge is 0.478 e. The molecule has 0 radical (unpaired) electrons. The normalized spacial score (nSPS) is 13.3. The van der Waals surface area contributed by atoms with Crippen molar-refractivity contribution in [2.75, 3.05) is 56.3 Å². The summed E-state index contributed by atoms with van der Waals surface area (Å²) in [5, 5.41) is 64.9. The summed E-state index contributed by atoms with van der Waals surface area (Å²) in [5.74, 6) is -0.697. The Balaban J connectivity index is 0.000000156. The van der Waals surface area contributed by atoms with E-state index in [0.717, 1.165) is 84.2 Å². The number of aromatic nitrogens is 9. The number of amides is 3. The monoisotopic (exact) mass is 2200 g/mol. The lowest BCUT2D eigenvalue weighted by Gasteiger charge is -2.15. The van der Waals surface area contributed by atoms with E-state index >= 15 is 0 Å². The number of isothiocyanates is 1. The van der Waals surface area contributed by atoms with Gasteiger partial charge in [-0.3, -0.25) is 28.1 Å². The summed E-state index contributed by atoms with van der Waals surface area (Å²) in [6.07, 6.45) is 12.4. The van der Waals surface area contributed by atoms with Crippen LogP contribution in [0.2, 0.25) is 45.2 Å². The molecular formula is C91H85Br2Cl10N17O9S4. The number of aliphatic imine (C=N–C) groups is 1. The van der Waals surface area contributed by atoms with E-state index in [0.29, 0.717) is 102 Å². The van der Waals surface area contributed by atoms with Crippen molar-refractivity contribution < 1.29 is 44.1 Å². The molecule has 17 rings (SSSR count). The number of aromatic amines is 1. The highest BCUT2D eigenvalue weighted by Crippen LogP contribution is 2.48. The number of H-pyrrole nitrogens is 1. The molecule has 0 aliphatic heterocycles. The Morgan fingerprint density at radius 1 is 0.436 bits per heavy atom. The number of thioether (sulfide) groups is 2. The van der Waals surface area contributed by atoms with E-state index in [4.69, 9.17) is 166 Å². The van der Waals surface area contributed by atoms with E-state index < -0.39 is 23.8 Å². The number of nitrogens with one attached hydrogen (secondary N) is 4. The first-order chi connectivity index (χ1) is 63.1. The Hall–Kier alpha value is -9.00. The average molecular weight is 2200 g/mol. The standard InChI is InChI=1S/C21H17BrCl2N4O3S.C21H19Cl2N5O3S.C12H13ClN4S.C11H10ClNS.C10H12ClN.C9H7Cl2NO3.C7H7BrClN/c1-10-6-13(11-2-3-11)8-15(24)18(10)28-20(22)26-27-21(28)32-9-17(29)25-16-5-4-12(19(30)31)7-14(16)23;1-10-6-13(11-2-3-11)8-15(23)18(10)28-20(24)26-27-21(28)32-9-17(29)25-16-5-4-12(19(30)31)7-14(16)22;1-6-4-8(7-2-3-7)5-9(13)10(6)17-11(14)15-16-12(17)18;1-7-4-9(8-2-3-8)5-10(12)11(7)13-6-14;1-6-4-8(7-2-3-7)5-9(11)10(6)12;10-4-8(13)12-7-2-1-5(9(14)15)3-6(7)11;1-4-2-5(8)3-6(9)7(4)10/h4-8,11H,2-3,9H2,1H3,(H,25,29)(H,30,31);4-8,11H,2-3,9H2,1H3,(H2,24,26)(H,25,29)(H,30,31);4-5,7H,2-3H2,1H3,(H2,14,15)(H,16,18);4-5,8H,2-3H2,1H3;4-5,7H,2-3,12H2,1H3;1-3H,4H2,(H,12,13)(H,14,15);2-3H,10H2,1H3. The predicted molar refractivity (Wildman–Crippen MR) is 550 cm³/mol. The lowest BCUT2D eigenvalue weighted by atomic mass is 10.1. The van der Waals surface area contributed by atoms with Gasteiger partial charge >= 0.3 is 17.9 Å². The zero-order valence-corrected chi connectivity index (χ0v) is 85.5. The third-order valence-corrected chi connectivity index (χ3v) is 27.2. The molecule has 26 nitrogen and oxygen atoms in total. The maximum Gasteiger partial charge on any atom is 0.335 e. The number of benzene rings is 9. The van der Waals surface area contributed by atoms with Gasteiger partial charge in [-0.1, -0.05) is 174 Å². The number of aromatic carboxylic acids is 3. The molecular weight excluding hydrogens is 2120 g/mol. The van der Waals surface area contributed by atoms with Gasteiger partial charge in [0.1, 0.15) is 5.88 Å². The molecule has 0 saturated heterocycles. The number of nitrogens with zero attached hydrogens (tertiary/aromatic N) is 9. The van der Waals surface area contributed by atoms with Crippen molar-refractivity contribution in [2.24, 2.45) is 4.99 Å². The molecule has 0 spiro atoms. The molecule has 3 heterocycles. The summed E-state index contributed by atoms with van der Waals surface area (Å²) in [6.45, 7) is 11.9. The van der Waals surface area contributed by atoms with Gasteiger partial charge in [-0.05, 0) is 334 Å². The summed E-state index contributed by atoms with van der Waals surface area (Å²) in [5.41, 5.74) is 41.4. The average Bonchev–Trinajstić information content (AvgIpc) is 1.65. The highest BCUT2D eigenvalue weighted by atomic mass is 79.9. The van der Waals surface area contributed by atoms with Crippen LogP contribution in [0, 0.1) is 46.3 Å². The van der Waals surface area contributed by atoms with Crippen molar-refractivity contribution in [1.82, 2.24) is 44.3 Å². The minimum Gasteiger partial charge on any atom is -0.478 e. The Morgan fingerprint density at radius 3 is 1.11 bits per heavy atom. The van der Waals surface area contributed by atoms with E-state index in [1.54, 1.807) is 19.8 Å². The molecule has 5 saturated carbocycles. The van der Waals surface area contributed by atoms with Crippen LogP contribution in [0.1, 0.15) is 186 Å². The number of alkyl halides is 1. The molecule has 5 aliphatic carbocycles. The van der Waals surface area contributed by atoms with Gasteiger partial charge in [-0.15, -0.1) is 37.1 Å². The van der Waals surface area contributed by atoms with E-state index in [1.807, 2.05) is 77.9 Å². The predicted octanol–water partition coefficient (Wildman–Crippen LogP) is 26.7. The Labute approximate surface area is 851 Å². The number of thiocarbonyl (C=S) groups is 1. The number of rotatable bonds is 22. The minimum absolute atomic E-state index is 0.00592. The molecule has 5 aliphatic rings. The topological polar surface area (TPSA) is 411 Å². The maximum absolute atomic E-state index is 12.5. The number of carbonyl (C=O) groups excluding carboxylic acids is 3. The van der Waals surface area contributed by atoms with Gasteiger partial charge in [0, 0.05) is 4.47 Å². The fraction of sp³-hybridized carbons (Fsp3) is 0.264. The molecule has 696 valence electrons. The zero-order chi connectivity index (χ0) is 96.8. The number of hydrogen-bond acceptors (Lipinski definition) is 20. The highest BCUT2D eigenvalue weighted by Gasteiger charge is 2.32. The van der Waals surface area contributed by atoms with Crippen molar-refractivity contribution >= 4 is 283 Å². The summed E-state index contributed by atoms with van der Waals surface area (Å²) in [7, 11) is 0. The van der Waals surface area contributed by atoms with Crippen LogP contribution in [0.3, 0.4) is 0 Å². The van der Waals surface area contributed by atoms with Crippen molar-refractivity contribution in [3.63, 3.8) is 0 Å². The number of nitrogen functional groups attached to an aromatic ring is 4. The second-order valence-electron chi connectivity index (χ2n) is 31.4. The van der Waals surface area contributed by atoms with Crippen molar-refractivity contribution in [1.29, 1.82) is 0 Å². The molecule has 42 heteroatoms. The fourth-order valence-electron chi connectivity index (χ4n) is 13.6. The third-order valence-electron chi connectivity index (χ3n) is 21.0. The molecule has 15 N–H and O–H groups in total. The number of carboxylic acids is 3. The van der Waals surface area contributed by atoms with Crippen LogP contribution in [-0.2, 0) is 14.4 Å². The second-order valence-corrected chi connectivity index (χ2v) is 39.5. The number of hydrogen-bond donors (Lipinski definition) is 11. The first-order valence-corrected chi connectivity index (χ1v) is 49.0. The summed E-state index contributed by atoms with van der Waals surface area (Å²) in [6, 6.07) is 36.6. The molecule has 0 unspecified atom stereocenters. The van der Waals surface area contributed by atoms with E-state index in [9.17, 15) is 28.8 Å². The van der Waals surface area contributed by atoms with Gasteiger partial charge in [-0.25, -0.2) is 19.5 Å². The Kier molecular flexibility index (Phi) is 37.1. The second kappa shape index (κ2) is 47.2. The van der Waals surface area contributed by atoms with Gasteiger partial charge < -0.3 is 54.2 Å². The number of aryl methyl sites for hydroxylation is 6. The molecule has 0 bridgehead atoms. The van der Waals surface area contributed by atoms with Gasteiger partial charge in [0.05, 0.1) is 130 Å². The summed E-state index contributed by atoms with van der Waals surface area (Å²) < 4.78 is 6.99. The van der Waals surface area contributed by atoms with Crippen LogP contribution in [0.4, 0.5) is 46.0 Å².